The highest BCUT2D eigenvalue weighted by Gasteiger charge is 2.41. The maximum absolute atomic E-state index is 14.2. The zero-order valence-corrected chi connectivity index (χ0v) is 15.7. The molecule has 2 aromatic heterocycles. The second-order valence-corrected chi connectivity index (χ2v) is 7.50. The van der Waals surface area contributed by atoms with Gasteiger partial charge >= 0.3 is 0 Å². The summed E-state index contributed by atoms with van der Waals surface area (Å²) in [4.78, 5) is 2.31. The predicted octanol–water partition coefficient (Wildman–Crippen LogP) is 3.39. The van der Waals surface area contributed by atoms with E-state index in [0.717, 1.165) is 42.9 Å². The van der Waals surface area contributed by atoms with E-state index in [4.69, 9.17) is 9.15 Å². The average molecular weight is 386 g/mol. The number of furan rings is 1. The number of rotatable bonds is 3. The molecule has 2 atom stereocenters. The summed E-state index contributed by atoms with van der Waals surface area (Å²) in [6, 6.07) is 5.56. The summed E-state index contributed by atoms with van der Waals surface area (Å²) in [6.45, 7) is 6.55. The molecule has 0 bridgehead atoms. The molecule has 0 radical (unpaired) electrons. The molecule has 0 amide bonds. The van der Waals surface area contributed by atoms with Crippen LogP contribution in [0.15, 0.2) is 28.7 Å². The lowest BCUT2D eigenvalue weighted by Gasteiger charge is -2.26. The van der Waals surface area contributed by atoms with Crippen molar-refractivity contribution in [1.82, 2.24) is 19.9 Å². The molecule has 0 spiro atoms. The maximum atomic E-state index is 14.2. The van der Waals surface area contributed by atoms with Gasteiger partial charge in [-0.3, -0.25) is 4.90 Å². The van der Waals surface area contributed by atoms with Crippen LogP contribution < -0.4 is 0 Å². The fraction of sp³-hybridized carbons (Fsp3) is 0.400. The van der Waals surface area contributed by atoms with Crippen molar-refractivity contribution in [1.29, 1.82) is 0 Å². The second-order valence-electron chi connectivity index (χ2n) is 7.50. The Hall–Kier alpha value is -2.58. The number of fused-ring (bicyclic) bond motifs is 3. The highest BCUT2D eigenvalue weighted by Crippen LogP contribution is 2.35. The van der Waals surface area contributed by atoms with Gasteiger partial charge in [0.05, 0.1) is 24.4 Å². The van der Waals surface area contributed by atoms with Crippen LogP contribution in [0.25, 0.3) is 11.3 Å². The minimum atomic E-state index is -0.649. The molecule has 0 aliphatic carbocycles. The predicted molar refractivity (Wildman–Crippen MR) is 96.4 cm³/mol. The fourth-order valence-corrected chi connectivity index (χ4v) is 4.23. The number of nitrogens with zero attached hydrogens (tertiary/aromatic N) is 4. The van der Waals surface area contributed by atoms with E-state index in [2.05, 4.69) is 21.3 Å². The van der Waals surface area contributed by atoms with Crippen LogP contribution in [0, 0.1) is 25.5 Å². The molecule has 4 heterocycles. The maximum Gasteiger partial charge on any atom is 0.135 e. The van der Waals surface area contributed by atoms with Gasteiger partial charge in [0.15, 0.2) is 0 Å². The monoisotopic (exact) mass is 386 g/mol. The molecule has 2 aliphatic rings. The van der Waals surface area contributed by atoms with Crippen molar-refractivity contribution in [3.8, 4) is 11.3 Å². The molecule has 3 aromatic rings. The number of aryl methyl sites for hydroxylation is 2. The van der Waals surface area contributed by atoms with E-state index in [-0.39, 0.29) is 17.7 Å². The van der Waals surface area contributed by atoms with Gasteiger partial charge in [-0.2, -0.15) is 0 Å². The van der Waals surface area contributed by atoms with Crippen molar-refractivity contribution < 1.29 is 17.9 Å². The average Bonchev–Trinajstić information content (AvgIpc) is 3.31. The van der Waals surface area contributed by atoms with Crippen molar-refractivity contribution in [2.45, 2.75) is 39.1 Å². The van der Waals surface area contributed by atoms with Crippen molar-refractivity contribution in [2.24, 2.45) is 0 Å². The van der Waals surface area contributed by atoms with Crippen LogP contribution in [-0.2, 0) is 17.9 Å². The third-order valence-electron chi connectivity index (χ3n) is 5.58. The minimum Gasteiger partial charge on any atom is -0.466 e. The first-order valence-electron chi connectivity index (χ1n) is 9.29. The lowest BCUT2D eigenvalue weighted by atomic mass is 10.1. The Morgan fingerprint density at radius 2 is 2.04 bits per heavy atom. The number of likely N-dealkylation sites (tertiary alicyclic amines) is 1. The van der Waals surface area contributed by atoms with Crippen molar-refractivity contribution in [2.75, 3.05) is 13.1 Å². The standard InChI is InChI=1S/C20H20F2N4O2/c1-11-5-13(12(2)28-11)7-25-8-17-19(9-25)27-10-18-20(23-24-26(17)18)15-4-3-14(21)6-16(15)22/h3-6,17,19H,7-10H2,1-2H3/t17-,19-/m0/s1. The van der Waals surface area contributed by atoms with Crippen LogP contribution in [0.1, 0.15) is 28.8 Å². The van der Waals surface area contributed by atoms with E-state index < -0.39 is 11.6 Å². The van der Waals surface area contributed by atoms with Gasteiger partial charge < -0.3 is 9.15 Å². The van der Waals surface area contributed by atoms with Gasteiger partial charge in [-0.15, -0.1) is 5.10 Å². The zero-order valence-electron chi connectivity index (χ0n) is 15.7. The van der Waals surface area contributed by atoms with E-state index in [1.165, 1.54) is 17.7 Å². The third kappa shape index (κ3) is 2.84. The molecule has 5 rings (SSSR count). The van der Waals surface area contributed by atoms with E-state index >= 15 is 0 Å². The number of ether oxygens (including phenoxy) is 1. The summed E-state index contributed by atoms with van der Waals surface area (Å²) in [7, 11) is 0. The molecular formula is C20H20F2N4O2. The Labute approximate surface area is 160 Å². The van der Waals surface area contributed by atoms with E-state index in [1.807, 2.05) is 18.5 Å². The Bertz CT molecular complexity index is 1050. The van der Waals surface area contributed by atoms with Crippen LogP contribution in [0.4, 0.5) is 8.78 Å². The normalized spacial score (nSPS) is 21.7. The van der Waals surface area contributed by atoms with Gasteiger partial charge in [0.1, 0.15) is 28.8 Å². The number of aromatic nitrogens is 3. The first kappa shape index (κ1) is 17.5. The van der Waals surface area contributed by atoms with Gasteiger partial charge in [-0.1, -0.05) is 5.21 Å². The summed E-state index contributed by atoms with van der Waals surface area (Å²) in [6.07, 6.45) is 0.00780. The first-order chi connectivity index (χ1) is 13.5. The highest BCUT2D eigenvalue weighted by molar-refractivity contribution is 5.62. The second kappa shape index (κ2) is 6.49. The van der Waals surface area contributed by atoms with Crippen LogP contribution in [-0.4, -0.2) is 39.1 Å². The van der Waals surface area contributed by atoms with Crippen LogP contribution in [0.3, 0.4) is 0 Å². The molecule has 28 heavy (non-hydrogen) atoms. The van der Waals surface area contributed by atoms with Gasteiger partial charge in [0.25, 0.3) is 0 Å². The number of halogens is 2. The Balaban J connectivity index is 1.41. The van der Waals surface area contributed by atoms with E-state index in [0.29, 0.717) is 12.3 Å². The van der Waals surface area contributed by atoms with Gasteiger partial charge in [-0.05, 0) is 32.0 Å². The van der Waals surface area contributed by atoms with Crippen LogP contribution >= 0.6 is 0 Å². The van der Waals surface area contributed by atoms with Gasteiger partial charge in [0.2, 0.25) is 0 Å². The van der Waals surface area contributed by atoms with Crippen molar-refractivity contribution in [3.63, 3.8) is 0 Å². The summed E-state index contributed by atoms with van der Waals surface area (Å²) in [5.74, 6) is 0.577. The van der Waals surface area contributed by atoms with E-state index in [9.17, 15) is 8.78 Å². The van der Waals surface area contributed by atoms with Crippen molar-refractivity contribution >= 4 is 0 Å². The quantitative estimate of drug-likeness (QED) is 0.691. The van der Waals surface area contributed by atoms with Crippen LogP contribution in [0.5, 0.6) is 0 Å². The summed E-state index contributed by atoms with van der Waals surface area (Å²) in [5, 5.41) is 8.47. The summed E-state index contributed by atoms with van der Waals surface area (Å²) >= 11 is 0. The molecule has 1 fully saturated rings. The zero-order chi connectivity index (χ0) is 19.4. The lowest BCUT2D eigenvalue weighted by molar-refractivity contribution is -0.00495. The van der Waals surface area contributed by atoms with E-state index in [1.54, 1.807) is 0 Å². The summed E-state index contributed by atoms with van der Waals surface area (Å²) in [5.41, 5.74) is 2.55. The van der Waals surface area contributed by atoms with Gasteiger partial charge in [-0.25, -0.2) is 13.5 Å². The Morgan fingerprint density at radius 3 is 2.79 bits per heavy atom. The Kier molecular flexibility index (Phi) is 4.06. The molecule has 146 valence electrons. The topological polar surface area (TPSA) is 56.3 Å². The minimum absolute atomic E-state index is 0.00780. The van der Waals surface area contributed by atoms with Gasteiger partial charge in [0, 0.05) is 36.8 Å². The third-order valence-corrected chi connectivity index (χ3v) is 5.58. The Morgan fingerprint density at radius 1 is 1.18 bits per heavy atom. The number of benzene rings is 1. The molecular weight excluding hydrogens is 366 g/mol. The van der Waals surface area contributed by atoms with Crippen molar-refractivity contribution in [3.05, 3.63) is 58.7 Å². The fourth-order valence-electron chi connectivity index (χ4n) is 4.23. The summed E-state index contributed by atoms with van der Waals surface area (Å²) < 4.78 is 41.0. The SMILES string of the molecule is Cc1cc(CN2C[C@@H]3OCc4c(-c5ccc(F)cc5F)nnn4[C@H]3C2)c(C)o1. The number of hydrogen-bond acceptors (Lipinski definition) is 5. The molecule has 0 N–H and O–H groups in total. The largest absolute Gasteiger partial charge is 0.466 e. The molecule has 8 heteroatoms. The molecule has 2 aliphatic heterocycles. The highest BCUT2D eigenvalue weighted by atomic mass is 19.1. The smallest absolute Gasteiger partial charge is 0.135 e. The molecule has 1 aromatic carbocycles. The first-order valence-corrected chi connectivity index (χ1v) is 9.29. The lowest BCUT2D eigenvalue weighted by Crippen LogP contribution is -2.32. The molecule has 0 unspecified atom stereocenters. The molecule has 0 saturated carbocycles. The molecule has 6 nitrogen and oxygen atoms in total. The molecule has 1 saturated heterocycles. The van der Waals surface area contributed by atoms with Crippen LogP contribution in [0.2, 0.25) is 0 Å². The number of hydrogen-bond donors (Lipinski definition) is 0.